The quantitative estimate of drug-likeness (QED) is 0.584. The summed E-state index contributed by atoms with van der Waals surface area (Å²) in [7, 11) is 1.99. The van der Waals surface area contributed by atoms with Gasteiger partial charge < -0.3 is 19.9 Å². The smallest absolute Gasteiger partial charge is 0.307 e. The minimum Gasteiger partial charge on any atom is -0.481 e. The van der Waals surface area contributed by atoms with E-state index in [2.05, 4.69) is 43.4 Å². The summed E-state index contributed by atoms with van der Waals surface area (Å²) >= 11 is 0. The van der Waals surface area contributed by atoms with Crippen LogP contribution in [0.15, 0.2) is 42.5 Å². The second kappa shape index (κ2) is 9.21. The normalized spacial score (nSPS) is 14.3. The Morgan fingerprint density at radius 1 is 1.09 bits per heavy atom. The van der Waals surface area contributed by atoms with Crippen LogP contribution in [0.3, 0.4) is 0 Å². The van der Waals surface area contributed by atoms with Gasteiger partial charge in [0.2, 0.25) is 0 Å². The number of nitrogens with one attached hydrogen (secondary N) is 1. The summed E-state index contributed by atoms with van der Waals surface area (Å²) < 4.78 is 2.02. The summed E-state index contributed by atoms with van der Waals surface area (Å²) in [4.78, 5) is 27.3. The molecule has 2 heterocycles. The Morgan fingerprint density at radius 2 is 1.78 bits per heavy atom. The number of carboxylic acids is 1. The van der Waals surface area contributed by atoms with Crippen molar-refractivity contribution in [1.29, 1.82) is 0 Å². The number of carboxylic acid groups (broad SMARTS) is 1. The van der Waals surface area contributed by atoms with Crippen LogP contribution in [0.1, 0.15) is 46.9 Å². The van der Waals surface area contributed by atoms with Crippen LogP contribution in [0.4, 0.5) is 0 Å². The predicted molar refractivity (Wildman–Crippen MR) is 130 cm³/mol. The average molecular weight is 431 g/mol. The Morgan fingerprint density at radius 3 is 2.41 bits per heavy atom. The third-order valence-corrected chi connectivity index (χ3v) is 6.25. The summed E-state index contributed by atoms with van der Waals surface area (Å²) in [5.41, 5.74) is 5.41. The van der Waals surface area contributed by atoms with E-state index in [4.69, 9.17) is 0 Å². The maximum absolute atomic E-state index is 13.7. The molecule has 0 saturated carbocycles. The number of piperazine rings is 1. The van der Waals surface area contributed by atoms with E-state index in [1.165, 1.54) is 5.56 Å². The largest absolute Gasteiger partial charge is 0.481 e. The number of rotatable bonds is 6. The molecule has 32 heavy (non-hydrogen) atoms. The van der Waals surface area contributed by atoms with Gasteiger partial charge in [-0.05, 0) is 23.1 Å². The molecule has 6 nitrogen and oxygen atoms in total. The molecule has 0 bridgehead atoms. The van der Waals surface area contributed by atoms with Crippen LogP contribution in [0, 0.1) is 0 Å². The summed E-state index contributed by atoms with van der Waals surface area (Å²) in [5, 5.41) is 13.8. The minimum absolute atomic E-state index is 0.0876. The van der Waals surface area contributed by atoms with E-state index in [0.717, 1.165) is 35.0 Å². The van der Waals surface area contributed by atoms with Gasteiger partial charge in [0.1, 0.15) is 13.5 Å². The number of amides is 1. The zero-order valence-corrected chi connectivity index (χ0v) is 19.0. The highest BCUT2D eigenvalue weighted by molar-refractivity contribution is 6.33. The fraction of sp³-hybridized carbons (Fsp3) is 0.360. The molecule has 1 aliphatic rings. The first-order valence-corrected chi connectivity index (χ1v) is 11.3. The lowest BCUT2D eigenvalue weighted by Gasteiger charge is -2.28. The third-order valence-electron chi connectivity index (χ3n) is 6.25. The zero-order valence-electron chi connectivity index (χ0n) is 19.0. The second-order valence-corrected chi connectivity index (χ2v) is 8.94. The third kappa shape index (κ3) is 4.44. The van der Waals surface area contributed by atoms with Crippen LogP contribution in [0.2, 0.25) is 0 Å². The molecule has 0 aliphatic carbocycles. The van der Waals surface area contributed by atoms with Crippen molar-refractivity contribution in [2.24, 2.45) is 0 Å². The standard InChI is InChI=1S/C25H30BN3O3/c1-16(2)18-5-3-17(4-6-18)15-29-22-8-7-19(26)13-20(22)21(14-23(30)31)24(29)25(32)28-11-9-27-10-12-28/h3-8,13,16,27H,9-12,14-15,26H2,1-2H3,(H,30,31). The number of fused-ring (bicyclic) bond motifs is 1. The summed E-state index contributed by atoms with van der Waals surface area (Å²) in [6.07, 6.45) is -0.174. The fourth-order valence-corrected chi connectivity index (χ4v) is 4.49. The number of aromatic nitrogens is 1. The van der Waals surface area contributed by atoms with Crippen molar-refractivity contribution in [3.63, 3.8) is 0 Å². The van der Waals surface area contributed by atoms with Gasteiger partial charge in [0, 0.05) is 49.2 Å². The van der Waals surface area contributed by atoms with Crippen molar-refractivity contribution in [2.75, 3.05) is 26.2 Å². The number of nitrogens with zero attached hydrogens (tertiary/aromatic N) is 2. The van der Waals surface area contributed by atoms with E-state index in [1.807, 2.05) is 35.5 Å². The van der Waals surface area contributed by atoms with Crippen LogP contribution in [-0.4, -0.2) is 60.5 Å². The highest BCUT2D eigenvalue weighted by Crippen LogP contribution is 2.29. The second-order valence-electron chi connectivity index (χ2n) is 8.94. The topological polar surface area (TPSA) is 74.6 Å². The maximum atomic E-state index is 13.7. The molecule has 4 rings (SSSR count). The fourth-order valence-electron chi connectivity index (χ4n) is 4.49. The molecular weight excluding hydrogens is 401 g/mol. The molecular formula is C25H30BN3O3. The van der Waals surface area contributed by atoms with Crippen molar-refractivity contribution in [3.8, 4) is 0 Å². The van der Waals surface area contributed by atoms with Gasteiger partial charge in [-0.2, -0.15) is 0 Å². The first-order valence-electron chi connectivity index (χ1n) is 11.3. The molecule has 1 aromatic heterocycles. The average Bonchev–Trinajstić information content (AvgIpc) is 3.06. The molecule has 0 spiro atoms. The van der Waals surface area contributed by atoms with Gasteiger partial charge in [-0.25, -0.2) is 0 Å². The monoisotopic (exact) mass is 431 g/mol. The molecule has 3 aromatic rings. The van der Waals surface area contributed by atoms with Gasteiger partial charge in [-0.15, -0.1) is 0 Å². The first kappa shape index (κ1) is 22.2. The Labute approximate surface area is 189 Å². The van der Waals surface area contributed by atoms with E-state index >= 15 is 0 Å². The number of benzene rings is 2. The Hall–Kier alpha value is -3.06. The van der Waals surface area contributed by atoms with E-state index in [9.17, 15) is 14.7 Å². The SMILES string of the molecule is Bc1ccc2c(c1)c(CC(=O)O)c(C(=O)N1CCNCC1)n2Cc1ccc(C(C)C)cc1. The number of hydrogen-bond acceptors (Lipinski definition) is 3. The van der Waals surface area contributed by atoms with Gasteiger partial charge in [0.05, 0.1) is 6.42 Å². The summed E-state index contributed by atoms with van der Waals surface area (Å²) in [5.74, 6) is -0.567. The lowest BCUT2D eigenvalue weighted by Crippen LogP contribution is -2.47. The van der Waals surface area contributed by atoms with Crippen LogP contribution in [0.5, 0.6) is 0 Å². The lowest BCUT2D eigenvalue weighted by molar-refractivity contribution is -0.136. The van der Waals surface area contributed by atoms with Crippen LogP contribution in [0.25, 0.3) is 10.9 Å². The summed E-state index contributed by atoms with van der Waals surface area (Å²) in [6.45, 7) is 7.58. The molecule has 2 N–H and O–H groups in total. The van der Waals surface area contributed by atoms with E-state index in [-0.39, 0.29) is 12.3 Å². The minimum atomic E-state index is -0.929. The van der Waals surface area contributed by atoms with Crippen molar-refractivity contribution in [1.82, 2.24) is 14.8 Å². The van der Waals surface area contributed by atoms with Crippen molar-refractivity contribution in [2.45, 2.75) is 32.7 Å². The van der Waals surface area contributed by atoms with Gasteiger partial charge in [-0.3, -0.25) is 9.59 Å². The van der Waals surface area contributed by atoms with E-state index in [1.54, 1.807) is 0 Å². The van der Waals surface area contributed by atoms with Crippen molar-refractivity contribution >= 4 is 36.1 Å². The highest BCUT2D eigenvalue weighted by atomic mass is 16.4. The molecule has 2 aromatic carbocycles. The number of carbonyl (C=O) groups excluding carboxylic acids is 1. The van der Waals surface area contributed by atoms with Gasteiger partial charge >= 0.3 is 5.97 Å². The Bertz CT molecular complexity index is 1150. The van der Waals surface area contributed by atoms with E-state index in [0.29, 0.717) is 36.8 Å². The molecule has 0 atom stereocenters. The first-order chi connectivity index (χ1) is 15.3. The van der Waals surface area contributed by atoms with Crippen molar-refractivity contribution < 1.29 is 14.7 Å². The number of aliphatic carboxylic acids is 1. The highest BCUT2D eigenvalue weighted by Gasteiger charge is 2.28. The molecule has 166 valence electrons. The van der Waals surface area contributed by atoms with Crippen LogP contribution in [-0.2, 0) is 17.8 Å². The predicted octanol–water partition coefficient (Wildman–Crippen LogP) is 1.74. The molecule has 1 saturated heterocycles. The zero-order chi connectivity index (χ0) is 22.8. The molecule has 0 radical (unpaired) electrons. The van der Waals surface area contributed by atoms with Crippen LogP contribution >= 0.6 is 0 Å². The summed E-state index contributed by atoms with van der Waals surface area (Å²) in [6, 6.07) is 14.5. The van der Waals surface area contributed by atoms with Crippen molar-refractivity contribution in [3.05, 3.63) is 64.8 Å². The molecule has 1 fully saturated rings. The van der Waals surface area contributed by atoms with Gasteiger partial charge in [0.25, 0.3) is 5.91 Å². The Kier molecular flexibility index (Phi) is 6.37. The maximum Gasteiger partial charge on any atom is 0.307 e. The molecule has 1 aliphatic heterocycles. The number of hydrogen-bond donors (Lipinski definition) is 2. The molecule has 7 heteroatoms. The lowest BCUT2D eigenvalue weighted by atomic mass is 9.93. The van der Waals surface area contributed by atoms with Crippen LogP contribution < -0.4 is 10.8 Å². The van der Waals surface area contributed by atoms with E-state index < -0.39 is 5.97 Å². The molecule has 0 unspecified atom stereocenters. The van der Waals surface area contributed by atoms with Gasteiger partial charge in [-0.1, -0.05) is 55.7 Å². The van der Waals surface area contributed by atoms with Gasteiger partial charge in [0.15, 0.2) is 0 Å². The number of carbonyl (C=O) groups is 2. The Balaban J connectivity index is 1.86. The molecule has 1 amide bonds.